The molecule has 1 aromatic heterocycles. The van der Waals surface area contributed by atoms with Crippen molar-refractivity contribution in [1.29, 1.82) is 0 Å². The second kappa shape index (κ2) is 4.87. The molecule has 1 N–H and O–H groups in total. The fourth-order valence-electron chi connectivity index (χ4n) is 3.64. The molecule has 3 rings (SSSR count). The normalized spacial score (nSPS) is 31.2. The summed E-state index contributed by atoms with van der Waals surface area (Å²) in [6.07, 6.45) is -0.751. The van der Waals surface area contributed by atoms with Crippen molar-refractivity contribution in [2.45, 2.75) is 45.0 Å². The largest absolute Gasteiger partial charge is 0.433 e. The van der Waals surface area contributed by atoms with Gasteiger partial charge in [0.25, 0.3) is 0 Å². The molecule has 3 unspecified atom stereocenters. The minimum Gasteiger partial charge on any atom is -0.380 e. The molecule has 6 heteroatoms. The van der Waals surface area contributed by atoms with Crippen LogP contribution in [0.1, 0.15) is 32.4 Å². The topological polar surface area (TPSA) is 34.2 Å². The van der Waals surface area contributed by atoms with E-state index >= 15 is 0 Å². The number of nitrogens with zero attached hydrogens (tertiary/aromatic N) is 1. The van der Waals surface area contributed by atoms with Gasteiger partial charge < -0.3 is 10.1 Å². The number of fused-ring (bicyclic) bond motifs is 1. The van der Waals surface area contributed by atoms with Crippen molar-refractivity contribution in [2.75, 3.05) is 11.9 Å². The monoisotopic (exact) mass is 300 g/mol. The first-order valence-electron chi connectivity index (χ1n) is 7.21. The molecule has 2 fully saturated rings. The van der Waals surface area contributed by atoms with Gasteiger partial charge >= 0.3 is 6.18 Å². The van der Waals surface area contributed by atoms with Gasteiger partial charge in [-0.1, -0.05) is 13.8 Å². The van der Waals surface area contributed by atoms with E-state index in [-0.39, 0.29) is 17.6 Å². The summed E-state index contributed by atoms with van der Waals surface area (Å²) in [6.45, 7) is 5.07. The lowest BCUT2D eigenvalue weighted by molar-refractivity contribution is -0.177. The van der Waals surface area contributed by atoms with E-state index in [1.807, 2.05) is 0 Å². The molecule has 0 radical (unpaired) electrons. The van der Waals surface area contributed by atoms with Crippen molar-refractivity contribution in [3.05, 3.63) is 24.0 Å². The SMILES string of the molecule is CC1(C)C(Nc2ccc(C(F)(F)F)nc2)C2CCCOC21. The molecule has 3 nitrogen and oxygen atoms in total. The average molecular weight is 300 g/mol. The van der Waals surface area contributed by atoms with Gasteiger partial charge in [0.05, 0.1) is 18.0 Å². The highest BCUT2D eigenvalue weighted by molar-refractivity contribution is 5.44. The van der Waals surface area contributed by atoms with Gasteiger partial charge in [-0.2, -0.15) is 13.2 Å². The fourth-order valence-corrected chi connectivity index (χ4v) is 3.64. The quantitative estimate of drug-likeness (QED) is 0.904. The van der Waals surface area contributed by atoms with E-state index < -0.39 is 11.9 Å². The van der Waals surface area contributed by atoms with Crippen molar-refractivity contribution in [3.8, 4) is 0 Å². The van der Waals surface area contributed by atoms with E-state index in [0.29, 0.717) is 11.6 Å². The number of nitrogens with one attached hydrogen (secondary N) is 1. The van der Waals surface area contributed by atoms with Gasteiger partial charge in [0.1, 0.15) is 5.69 Å². The maximum Gasteiger partial charge on any atom is 0.433 e. The first-order valence-corrected chi connectivity index (χ1v) is 7.21. The maximum absolute atomic E-state index is 12.5. The molecular weight excluding hydrogens is 281 g/mol. The molecule has 2 aliphatic rings. The minimum atomic E-state index is -4.39. The lowest BCUT2D eigenvalue weighted by atomic mass is 9.55. The summed E-state index contributed by atoms with van der Waals surface area (Å²) < 4.78 is 43.3. The number of hydrogen-bond donors (Lipinski definition) is 1. The van der Waals surface area contributed by atoms with Crippen LogP contribution in [-0.4, -0.2) is 23.7 Å². The Morgan fingerprint density at radius 2 is 2.10 bits per heavy atom. The highest BCUT2D eigenvalue weighted by Gasteiger charge is 2.57. The fraction of sp³-hybridized carbons (Fsp3) is 0.667. The standard InChI is InChI=1S/C15H19F3N2O/c1-14(2)12(10-4-3-7-21-13(10)14)20-9-5-6-11(19-8-9)15(16,17)18/h5-6,8,10,12-13,20H,3-4,7H2,1-2H3. The molecule has 2 heterocycles. The molecule has 116 valence electrons. The van der Waals surface area contributed by atoms with E-state index in [2.05, 4.69) is 24.1 Å². The first kappa shape index (κ1) is 14.6. The second-order valence-corrected chi connectivity index (χ2v) is 6.47. The van der Waals surface area contributed by atoms with Crippen LogP contribution in [-0.2, 0) is 10.9 Å². The Morgan fingerprint density at radius 1 is 1.33 bits per heavy atom. The van der Waals surface area contributed by atoms with Gasteiger partial charge in [-0.15, -0.1) is 0 Å². The number of pyridine rings is 1. The summed E-state index contributed by atoms with van der Waals surface area (Å²) in [5.74, 6) is 0.427. The number of anilines is 1. The molecule has 0 spiro atoms. The molecule has 1 aromatic rings. The van der Waals surface area contributed by atoms with Crippen LogP contribution < -0.4 is 5.32 Å². The lowest BCUT2D eigenvalue weighted by Crippen LogP contribution is -2.67. The van der Waals surface area contributed by atoms with Crippen LogP contribution in [0.4, 0.5) is 18.9 Å². The number of alkyl halides is 3. The number of halogens is 3. The van der Waals surface area contributed by atoms with Crippen LogP contribution in [0.15, 0.2) is 18.3 Å². The Morgan fingerprint density at radius 3 is 2.71 bits per heavy atom. The van der Waals surface area contributed by atoms with Gasteiger partial charge in [-0.05, 0) is 25.0 Å². The van der Waals surface area contributed by atoms with E-state index in [1.165, 1.54) is 12.3 Å². The molecule has 0 amide bonds. The van der Waals surface area contributed by atoms with Crippen molar-refractivity contribution in [1.82, 2.24) is 4.98 Å². The second-order valence-electron chi connectivity index (χ2n) is 6.47. The predicted molar refractivity (Wildman–Crippen MR) is 72.9 cm³/mol. The van der Waals surface area contributed by atoms with Gasteiger partial charge in [0, 0.05) is 24.0 Å². The van der Waals surface area contributed by atoms with Crippen molar-refractivity contribution in [2.24, 2.45) is 11.3 Å². The zero-order valence-corrected chi connectivity index (χ0v) is 12.1. The number of aromatic nitrogens is 1. The number of ether oxygens (including phenoxy) is 1. The zero-order chi connectivity index (χ0) is 15.3. The molecule has 1 aliphatic heterocycles. The molecule has 1 aliphatic carbocycles. The summed E-state index contributed by atoms with van der Waals surface area (Å²) in [7, 11) is 0. The maximum atomic E-state index is 12.5. The van der Waals surface area contributed by atoms with Crippen LogP contribution in [0, 0.1) is 11.3 Å². The predicted octanol–water partition coefficient (Wildman–Crippen LogP) is 3.72. The van der Waals surface area contributed by atoms with Crippen molar-refractivity contribution >= 4 is 5.69 Å². The summed E-state index contributed by atoms with van der Waals surface area (Å²) in [5.41, 5.74) is -0.252. The van der Waals surface area contributed by atoms with Crippen LogP contribution >= 0.6 is 0 Å². The van der Waals surface area contributed by atoms with E-state index in [4.69, 9.17) is 4.74 Å². The smallest absolute Gasteiger partial charge is 0.380 e. The van der Waals surface area contributed by atoms with Crippen LogP contribution in [0.5, 0.6) is 0 Å². The molecule has 0 bridgehead atoms. The Bertz CT molecular complexity index is 513. The van der Waals surface area contributed by atoms with Gasteiger partial charge in [-0.3, -0.25) is 0 Å². The molecular formula is C15H19F3N2O. The third-order valence-electron chi connectivity index (χ3n) is 4.71. The molecule has 1 saturated carbocycles. The van der Waals surface area contributed by atoms with E-state index in [0.717, 1.165) is 25.5 Å². The minimum absolute atomic E-state index is 0.0201. The summed E-state index contributed by atoms with van der Waals surface area (Å²) in [5, 5.41) is 3.34. The van der Waals surface area contributed by atoms with Gasteiger partial charge in [0.15, 0.2) is 0 Å². The molecule has 21 heavy (non-hydrogen) atoms. The third-order valence-corrected chi connectivity index (χ3v) is 4.71. The van der Waals surface area contributed by atoms with Crippen LogP contribution in [0.3, 0.4) is 0 Å². The van der Waals surface area contributed by atoms with Crippen LogP contribution in [0.25, 0.3) is 0 Å². The molecule has 1 saturated heterocycles. The van der Waals surface area contributed by atoms with Gasteiger partial charge in [-0.25, -0.2) is 4.98 Å². The summed E-state index contributed by atoms with van der Waals surface area (Å²) in [6, 6.07) is 2.67. The van der Waals surface area contributed by atoms with Gasteiger partial charge in [0.2, 0.25) is 0 Å². The highest BCUT2D eigenvalue weighted by Crippen LogP contribution is 2.52. The van der Waals surface area contributed by atoms with Crippen molar-refractivity contribution < 1.29 is 17.9 Å². The van der Waals surface area contributed by atoms with Crippen LogP contribution in [0.2, 0.25) is 0 Å². The Kier molecular flexibility index (Phi) is 3.39. The Labute approximate surface area is 121 Å². The third kappa shape index (κ3) is 2.50. The van der Waals surface area contributed by atoms with E-state index in [9.17, 15) is 13.2 Å². The molecule has 3 atom stereocenters. The average Bonchev–Trinajstić information content (AvgIpc) is 2.44. The van der Waals surface area contributed by atoms with Crippen molar-refractivity contribution in [3.63, 3.8) is 0 Å². The first-order chi connectivity index (χ1) is 9.80. The summed E-state index contributed by atoms with van der Waals surface area (Å²) >= 11 is 0. The van der Waals surface area contributed by atoms with E-state index in [1.54, 1.807) is 0 Å². The highest BCUT2D eigenvalue weighted by atomic mass is 19.4. The Balaban J connectivity index is 1.72. The molecule has 0 aromatic carbocycles. The lowest BCUT2D eigenvalue weighted by Gasteiger charge is -2.60. The Hall–Kier alpha value is -1.30. The number of rotatable bonds is 2. The number of hydrogen-bond acceptors (Lipinski definition) is 3. The summed E-state index contributed by atoms with van der Waals surface area (Å²) in [4.78, 5) is 3.49. The zero-order valence-electron chi connectivity index (χ0n) is 12.1.